The topological polar surface area (TPSA) is 33.0 Å². The molecule has 1 aliphatic rings. The third-order valence-corrected chi connectivity index (χ3v) is 4.48. The van der Waals surface area contributed by atoms with E-state index in [4.69, 9.17) is 10.00 Å². The van der Waals surface area contributed by atoms with Crippen LogP contribution in [-0.4, -0.2) is 13.2 Å². The first kappa shape index (κ1) is 15.8. The van der Waals surface area contributed by atoms with Crippen LogP contribution in [0.4, 0.5) is 0 Å². The van der Waals surface area contributed by atoms with Crippen molar-refractivity contribution < 1.29 is 4.74 Å². The van der Waals surface area contributed by atoms with Gasteiger partial charge in [-0.1, -0.05) is 24.3 Å². The summed E-state index contributed by atoms with van der Waals surface area (Å²) in [7, 11) is 0. The maximum atomic E-state index is 8.84. The largest absolute Gasteiger partial charge is 0.377 e. The SMILES string of the molecule is C/C=C/COCCC1CCC(c2ccc(C#N)cc2)CC1. The lowest BCUT2D eigenvalue weighted by molar-refractivity contribution is 0.135. The quantitative estimate of drug-likeness (QED) is 0.554. The normalized spacial score (nSPS) is 22.3. The van der Waals surface area contributed by atoms with Crippen molar-refractivity contribution in [2.75, 3.05) is 13.2 Å². The van der Waals surface area contributed by atoms with E-state index in [-0.39, 0.29) is 0 Å². The standard InChI is InChI=1S/C19H25NO/c1-2-3-13-21-14-12-16-4-8-18(9-5-16)19-10-6-17(15-20)7-11-19/h2-3,6-7,10-11,16,18H,4-5,8-9,12-14H2,1H3/b3-2+. The van der Waals surface area contributed by atoms with Gasteiger partial charge in [-0.15, -0.1) is 0 Å². The number of nitriles is 1. The molecule has 0 unspecified atom stereocenters. The van der Waals surface area contributed by atoms with Crippen LogP contribution in [-0.2, 0) is 4.74 Å². The molecule has 1 saturated carbocycles. The Hall–Kier alpha value is -1.59. The second-order valence-corrected chi connectivity index (χ2v) is 5.88. The number of allylic oxidation sites excluding steroid dienone is 1. The Labute approximate surface area is 128 Å². The van der Waals surface area contributed by atoms with Crippen LogP contribution in [0.25, 0.3) is 0 Å². The summed E-state index contributed by atoms with van der Waals surface area (Å²) in [6, 6.07) is 10.3. The first-order chi connectivity index (χ1) is 10.3. The summed E-state index contributed by atoms with van der Waals surface area (Å²) in [5, 5.41) is 8.84. The molecule has 0 heterocycles. The van der Waals surface area contributed by atoms with E-state index in [1.165, 1.54) is 37.7 Å². The molecule has 1 aromatic rings. The highest BCUT2D eigenvalue weighted by molar-refractivity contribution is 5.33. The Bertz CT molecular complexity index is 475. The fourth-order valence-electron chi connectivity index (χ4n) is 3.11. The molecule has 1 aromatic carbocycles. The summed E-state index contributed by atoms with van der Waals surface area (Å²) in [4.78, 5) is 0. The van der Waals surface area contributed by atoms with Gasteiger partial charge in [-0.25, -0.2) is 0 Å². The number of rotatable bonds is 6. The molecule has 1 fully saturated rings. The van der Waals surface area contributed by atoms with Crippen molar-refractivity contribution in [3.8, 4) is 6.07 Å². The number of ether oxygens (including phenoxy) is 1. The summed E-state index contributed by atoms with van der Waals surface area (Å²) in [5.41, 5.74) is 2.16. The molecule has 2 heteroatoms. The Kier molecular flexibility index (Phi) is 6.50. The van der Waals surface area contributed by atoms with E-state index in [1.54, 1.807) is 0 Å². The molecule has 0 spiro atoms. The zero-order chi connectivity index (χ0) is 14.9. The predicted octanol–water partition coefficient (Wildman–Crippen LogP) is 4.81. The second-order valence-electron chi connectivity index (χ2n) is 5.88. The van der Waals surface area contributed by atoms with Crippen LogP contribution in [0.15, 0.2) is 36.4 Å². The van der Waals surface area contributed by atoms with Gasteiger partial charge >= 0.3 is 0 Å². The van der Waals surface area contributed by atoms with Crippen LogP contribution in [0.1, 0.15) is 56.1 Å². The van der Waals surface area contributed by atoms with Gasteiger partial charge in [-0.3, -0.25) is 0 Å². The third kappa shape index (κ3) is 5.02. The maximum Gasteiger partial charge on any atom is 0.0991 e. The molecule has 0 radical (unpaired) electrons. The zero-order valence-electron chi connectivity index (χ0n) is 12.9. The molecule has 0 atom stereocenters. The van der Waals surface area contributed by atoms with Crippen molar-refractivity contribution in [1.29, 1.82) is 5.26 Å². The molecule has 2 nitrogen and oxygen atoms in total. The Morgan fingerprint density at radius 1 is 1.19 bits per heavy atom. The smallest absolute Gasteiger partial charge is 0.0991 e. The van der Waals surface area contributed by atoms with Crippen molar-refractivity contribution in [3.05, 3.63) is 47.5 Å². The van der Waals surface area contributed by atoms with Gasteiger partial charge in [-0.2, -0.15) is 5.26 Å². The molecule has 1 aliphatic carbocycles. The van der Waals surface area contributed by atoms with E-state index in [0.29, 0.717) is 5.92 Å². The summed E-state index contributed by atoms with van der Waals surface area (Å²) in [5.74, 6) is 1.50. The minimum atomic E-state index is 0.679. The second kappa shape index (κ2) is 8.64. The predicted molar refractivity (Wildman–Crippen MR) is 86.1 cm³/mol. The molecular formula is C19H25NO. The van der Waals surface area contributed by atoms with E-state index in [2.05, 4.69) is 24.3 Å². The molecule has 0 aromatic heterocycles. The maximum absolute atomic E-state index is 8.84. The van der Waals surface area contributed by atoms with E-state index in [0.717, 1.165) is 24.7 Å². The minimum Gasteiger partial charge on any atom is -0.377 e. The van der Waals surface area contributed by atoms with Crippen LogP contribution >= 0.6 is 0 Å². The first-order valence-electron chi connectivity index (χ1n) is 8.02. The summed E-state index contributed by atoms with van der Waals surface area (Å²) in [6.07, 6.45) is 10.4. The van der Waals surface area contributed by atoms with Crippen molar-refractivity contribution in [3.63, 3.8) is 0 Å². The number of hydrogen-bond donors (Lipinski definition) is 0. The van der Waals surface area contributed by atoms with Gasteiger partial charge in [0.1, 0.15) is 0 Å². The lowest BCUT2D eigenvalue weighted by atomic mass is 9.77. The number of benzene rings is 1. The third-order valence-electron chi connectivity index (χ3n) is 4.48. The monoisotopic (exact) mass is 283 g/mol. The van der Waals surface area contributed by atoms with Crippen molar-refractivity contribution >= 4 is 0 Å². The van der Waals surface area contributed by atoms with Gasteiger partial charge in [0.25, 0.3) is 0 Å². The van der Waals surface area contributed by atoms with Gasteiger partial charge in [0, 0.05) is 6.61 Å². The van der Waals surface area contributed by atoms with Crippen molar-refractivity contribution in [1.82, 2.24) is 0 Å². The molecule has 0 saturated heterocycles. The van der Waals surface area contributed by atoms with Gasteiger partial charge < -0.3 is 4.74 Å². The molecular weight excluding hydrogens is 258 g/mol. The lowest BCUT2D eigenvalue weighted by Gasteiger charge is -2.28. The average Bonchev–Trinajstić information content (AvgIpc) is 2.55. The highest BCUT2D eigenvalue weighted by Crippen LogP contribution is 2.37. The fraction of sp³-hybridized carbons (Fsp3) is 0.526. The molecule has 0 bridgehead atoms. The van der Waals surface area contributed by atoms with E-state index >= 15 is 0 Å². The van der Waals surface area contributed by atoms with Crippen LogP contribution in [0.5, 0.6) is 0 Å². The minimum absolute atomic E-state index is 0.679. The summed E-state index contributed by atoms with van der Waals surface area (Å²) < 4.78 is 5.60. The molecule has 0 amide bonds. The van der Waals surface area contributed by atoms with Gasteiger partial charge in [0.2, 0.25) is 0 Å². The zero-order valence-corrected chi connectivity index (χ0v) is 12.9. The first-order valence-corrected chi connectivity index (χ1v) is 8.02. The number of hydrogen-bond acceptors (Lipinski definition) is 2. The Morgan fingerprint density at radius 3 is 2.52 bits per heavy atom. The van der Waals surface area contributed by atoms with Crippen LogP contribution in [0.2, 0.25) is 0 Å². The number of nitrogens with zero attached hydrogens (tertiary/aromatic N) is 1. The van der Waals surface area contributed by atoms with Crippen molar-refractivity contribution in [2.24, 2.45) is 5.92 Å². The molecule has 21 heavy (non-hydrogen) atoms. The summed E-state index contributed by atoms with van der Waals surface area (Å²) >= 11 is 0. The van der Waals surface area contributed by atoms with E-state index < -0.39 is 0 Å². The fourth-order valence-corrected chi connectivity index (χ4v) is 3.11. The summed E-state index contributed by atoms with van der Waals surface area (Å²) in [6.45, 7) is 3.65. The molecule has 0 N–H and O–H groups in total. The van der Waals surface area contributed by atoms with Crippen LogP contribution in [0, 0.1) is 17.2 Å². The van der Waals surface area contributed by atoms with E-state index in [1.807, 2.05) is 25.1 Å². The highest BCUT2D eigenvalue weighted by atomic mass is 16.5. The molecule has 0 aliphatic heterocycles. The Balaban J connectivity index is 1.71. The van der Waals surface area contributed by atoms with E-state index in [9.17, 15) is 0 Å². The van der Waals surface area contributed by atoms with Gasteiger partial charge in [0.15, 0.2) is 0 Å². The van der Waals surface area contributed by atoms with Gasteiger partial charge in [0.05, 0.1) is 18.2 Å². The molecule has 2 rings (SSSR count). The highest BCUT2D eigenvalue weighted by Gasteiger charge is 2.22. The average molecular weight is 283 g/mol. The van der Waals surface area contributed by atoms with Crippen molar-refractivity contribution in [2.45, 2.75) is 44.9 Å². The molecule has 112 valence electrons. The van der Waals surface area contributed by atoms with Crippen LogP contribution in [0.3, 0.4) is 0 Å². The van der Waals surface area contributed by atoms with Crippen LogP contribution < -0.4 is 0 Å². The van der Waals surface area contributed by atoms with Gasteiger partial charge in [-0.05, 0) is 68.6 Å². The Morgan fingerprint density at radius 2 is 1.90 bits per heavy atom. The lowest BCUT2D eigenvalue weighted by Crippen LogP contribution is -2.15.